The van der Waals surface area contributed by atoms with Crippen LogP contribution in [0.15, 0.2) is 42.6 Å². The molecule has 0 radical (unpaired) electrons. The summed E-state index contributed by atoms with van der Waals surface area (Å²) in [5.74, 6) is 0.359. The van der Waals surface area contributed by atoms with E-state index in [2.05, 4.69) is 10.3 Å². The number of anilines is 1. The van der Waals surface area contributed by atoms with E-state index in [4.69, 9.17) is 9.47 Å². The molecular formula is C21H26N4O5. The number of carbonyl (C=O) groups excluding carboxylic acids is 1. The quantitative estimate of drug-likeness (QED) is 0.558. The van der Waals surface area contributed by atoms with Crippen molar-refractivity contribution in [3.63, 3.8) is 0 Å². The first-order chi connectivity index (χ1) is 14.1. The first-order valence-corrected chi connectivity index (χ1v) is 9.73. The second kappa shape index (κ2) is 8.56. The van der Waals surface area contributed by atoms with Gasteiger partial charge in [0.1, 0.15) is 11.7 Å². The van der Waals surface area contributed by atoms with Gasteiger partial charge in [-0.1, -0.05) is 12.1 Å². The van der Waals surface area contributed by atoms with Gasteiger partial charge in [-0.3, -0.25) is 15.1 Å². The molecule has 1 aromatic heterocycles. The number of aromatic nitrogens is 1. The number of nitrogens with one attached hydrogen (secondary N) is 1. The molecule has 9 heteroatoms. The lowest BCUT2D eigenvalue weighted by Crippen LogP contribution is -2.58. The van der Waals surface area contributed by atoms with E-state index in [0.717, 1.165) is 5.69 Å². The number of pyridine rings is 1. The smallest absolute Gasteiger partial charge is 0.410 e. The summed E-state index contributed by atoms with van der Waals surface area (Å²) >= 11 is 0. The summed E-state index contributed by atoms with van der Waals surface area (Å²) < 4.78 is 11.3. The molecule has 1 saturated heterocycles. The first kappa shape index (κ1) is 21.4. The van der Waals surface area contributed by atoms with Crippen LogP contribution in [0.25, 0.3) is 0 Å². The maximum absolute atomic E-state index is 12.1. The zero-order chi connectivity index (χ0) is 21.9. The van der Waals surface area contributed by atoms with E-state index in [1.807, 2.05) is 25.1 Å². The molecule has 2 aromatic rings. The Morgan fingerprint density at radius 1 is 1.27 bits per heavy atom. The van der Waals surface area contributed by atoms with Gasteiger partial charge in [-0.2, -0.15) is 0 Å². The summed E-state index contributed by atoms with van der Waals surface area (Å²) in [6, 6.07) is 10.0. The van der Waals surface area contributed by atoms with Gasteiger partial charge < -0.3 is 19.7 Å². The molecule has 160 valence electrons. The average Bonchev–Trinajstić information content (AvgIpc) is 2.64. The fourth-order valence-corrected chi connectivity index (χ4v) is 3.03. The lowest BCUT2D eigenvalue weighted by atomic mass is 10.1. The van der Waals surface area contributed by atoms with E-state index in [1.54, 1.807) is 44.0 Å². The van der Waals surface area contributed by atoms with Crippen molar-refractivity contribution >= 4 is 17.5 Å². The molecule has 0 spiro atoms. The SMILES string of the molecule is CC(Oc1cccc([N+](=O)[O-])c1NC1CN(C(=O)OC(C)(C)C)C1)c1ccccn1. The molecule has 3 rings (SSSR count). The minimum absolute atomic E-state index is 0.0866. The fraction of sp³-hybridized carbons (Fsp3) is 0.429. The van der Waals surface area contributed by atoms with Crippen LogP contribution in [0.5, 0.6) is 5.75 Å². The summed E-state index contributed by atoms with van der Waals surface area (Å²) in [5, 5.41) is 14.7. The second-order valence-electron chi connectivity index (χ2n) is 8.15. The van der Waals surface area contributed by atoms with Crippen molar-refractivity contribution in [1.82, 2.24) is 9.88 Å². The van der Waals surface area contributed by atoms with E-state index in [0.29, 0.717) is 24.5 Å². The molecule has 9 nitrogen and oxygen atoms in total. The van der Waals surface area contributed by atoms with Gasteiger partial charge in [-0.25, -0.2) is 4.79 Å². The number of carbonyl (C=O) groups is 1. The number of amides is 1. The van der Waals surface area contributed by atoms with Crippen LogP contribution in [-0.4, -0.2) is 45.6 Å². The molecule has 30 heavy (non-hydrogen) atoms. The number of nitrogens with zero attached hydrogens (tertiary/aromatic N) is 3. The number of rotatable bonds is 6. The van der Waals surface area contributed by atoms with Gasteiger partial charge in [-0.15, -0.1) is 0 Å². The summed E-state index contributed by atoms with van der Waals surface area (Å²) in [5.41, 5.74) is 0.349. The van der Waals surface area contributed by atoms with E-state index < -0.39 is 22.7 Å². The lowest BCUT2D eigenvalue weighted by molar-refractivity contribution is -0.384. The van der Waals surface area contributed by atoms with Gasteiger partial charge in [0.15, 0.2) is 11.4 Å². The number of nitro benzene ring substituents is 1. The summed E-state index contributed by atoms with van der Waals surface area (Å²) in [7, 11) is 0. The third kappa shape index (κ3) is 5.16. The highest BCUT2D eigenvalue weighted by atomic mass is 16.6. The topological polar surface area (TPSA) is 107 Å². The van der Waals surface area contributed by atoms with Crippen LogP contribution in [0.1, 0.15) is 39.5 Å². The number of likely N-dealkylation sites (tertiary alicyclic amines) is 1. The summed E-state index contributed by atoms with van der Waals surface area (Å²) in [6.45, 7) is 8.02. The Morgan fingerprint density at radius 3 is 2.60 bits per heavy atom. The molecule has 1 amide bonds. The summed E-state index contributed by atoms with van der Waals surface area (Å²) in [4.78, 5) is 29.0. The minimum Gasteiger partial charge on any atom is -0.482 e. The van der Waals surface area contributed by atoms with Crippen molar-refractivity contribution in [1.29, 1.82) is 0 Å². The maximum atomic E-state index is 12.1. The van der Waals surface area contributed by atoms with Crippen LogP contribution in [0.4, 0.5) is 16.2 Å². The second-order valence-corrected chi connectivity index (χ2v) is 8.15. The van der Waals surface area contributed by atoms with Crippen molar-refractivity contribution in [3.8, 4) is 5.75 Å². The zero-order valence-corrected chi connectivity index (χ0v) is 17.5. The van der Waals surface area contributed by atoms with Crippen LogP contribution in [0.3, 0.4) is 0 Å². The molecule has 1 aliphatic heterocycles. The van der Waals surface area contributed by atoms with Crippen molar-refractivity contribution in [3.05, 3.63) is 58.4 Å². The zero-order valence-electron chi connectivity index (χ0n) is 17.5. The monoisotopic (exact) mass is 414 g/mol. The molecule has 1 aromatic carbocycles. The molecule has 1 fully saturated rings. The Labute approximate surface area is 175 Å². The normalized spacial score (nSPS) is 15.1. The highest BCUT2D eigenvalue weighted by Gasteiger charge is 2.35. The molecule has 1 atom stereocenters. The standard InChI is InChI=1S/C21H26N4O5/c1-14(16-8-5-6-11-22-16)29-18-10-7-9-17(25(27)28)19(18)23-15-12-24(13-15)20(26)30-21(2,3)4/h5-11,14-15,23H,12-13H2,1-4H3. The Balaban J connectivity index is 1.72. The largest absolute Gasteiger partial charge is 0.482 e. The number of para-hydroxylation sites is 1. The molecule has 1 N–H and O–H groups in total. The van der Waals surface area contributed by atoms with Crippen molar-refractivity contribution in [2.75, 3.05) is 18.4 Å². The Morgan fingerprint density at radius 2 is 2.00 bits per heavy atom. The molecule has 1 unspecified atom stereocenters. The fourth-order valence-electron chi connectivity index (χ4n) is 3.03. The van der Waals surface area contributed by atoms with E-state index >= 15 is 0 Å². The third-order valence-electron chi connectivity index (χ3n) is 4.49. The maximum Gasteiger partial charge on any atom is 0.410 e. The molecular weight excluding hydrogens is 388 g/mol. The van der Waals surface area contributed by atoms with Gasteiger partial charge >= 0.3 is 6.09 Å². The van der Waals surface area contributed by atoms with Gasteiger partial charge in [0.25, 0.3) is 5.69 Å². The molecule has 0 saturated carbocycles. The number of benzene rings is 1. The Bertz CT molecular complexity index is 907. The van der Waals surface area contributed by atoms with Gasteiger partial charge in [0, 0.05) is 25.4 Å². The molecule has 0 aliphatic carbocycles. The molecule has 2 heterocycles. The van der Waals surface area contributed by atoms with Crippen LogP contribution in [0.2, 0.25) is 0 Å². The van der Waals surface area contributed by atoms with E-state index in [1.165, 1.54) is 6.07 Å². The molecule has 1 aliphatic rings. The van der Waals surface area contributed by atoms with Gasteiger partial charge in [-0.05, 0) is 45.9 Å². The van der Waals surface area contributed by atoms with Gasteiger partial charge in [0.05, 0.1) is 16.7 Å². The predicted molar refractivity (Wildman–Crippen MR) is 112 cm³/mol. The average molecular weight is 414 g/mol. The van der Waals surface area contributed by atoms with Crippen LogP contribution >= 0.6 is 0 Å². The summed E-state index contributed by atoms with van der Waals surface area (Å²) in [6.07, 6.45) is 0.873. The number of nitro groups is 1. The predicted octanol–water partition coefficient (Wildman–Crippen LogP) is 4.16. The number of ether oxygens (including phenoxy) is 2. The van der Waals surface area contributed by atoms with Crippen LogP contribution < -0.4 is 10.1 Å². The van der Waals surface area contributed by atoms with Crippen LogP contribution in [0, 0.1) is 10.1 Å². The Hall–Kier alpha value is -3.36. The van der Waals surface area contributed by atoms with Crippen molar-refractivity contribution in [2.45, 2.75) is 45.4 Å². The van der Waals surface area contributed by atoms with E-state index in [9.17, 15) is 14.9 Å². The van der Waals surface area contributed by atoms with Crippen molar-refractivity contribution in [2.24, 2.45) is 0 Å². The van der Waals surface area contributed by atoms with Crippen molar-refractivity contribution < 1.29 is 19.2 Å². The number of hydrogen-bond acceptors (Lipinski definition) is 7. The minimum atomic E-state index is -0.573. The Kier molecular flexibility index (Phi) is 6.09. The van der Waals surface area contributed by atoms with E-state index in [-0.39, 0.29) is 11.7 Å². The lowest BCUT2D eigenvalue weighted by Gasteiger charge is -2.40. The first-order valence-electron chi connectivity index (χ1n) is 9.73. The highest BCUT2D eigenvalue weighted by molar-refractivity contribution is 5.73. The van der Waals surface area contributed by atoms with Crippen LogP contribution in [-0.2, 0) is 4.74 Å². The third-order valence-corrected chi connectivity index (χ3v) is 4.49. The highest BCUT2D eigenvalue weighted by Crippen LogP contribution is 2.37. The number of hydrogen-bond donors (Lipinski definition) is 1. The van der Waals surface area contributed by atoms with Gasteiger partial charge in [0.2, 0.25) is 0 Å². The molecule has 0 bridgehead atoms.